The van der Waals surface area contributed by atoms with Gasteiger partial charge in [0.15, 0.2) is 0 Å². The smallest absolute Gasteiger partial charge is 0.256 e. The molecule has 2 unspecified atom stereocenters. The van der Waals surface area contributed by atoms with Gasteiger partial charge in [0, 0.05) is 12.8 Å². The van der Waals surface area contributed by atoms with Crippen molar-refractivity contribution in [1.29, 1.82) is 0 Å². The highest BCUT2D eigenvalue weighted by Gasteiger charge is 2.47. The van der Waals surface area contributed by atoms with Crippen LogP contribution in [0.15, 0.2) is 24.3 Å². The van der Waals surface area contributed by atoms with Crippen LogP contribution in [0.3, 0.4) is 0 Å². The summed E-state index contributed by atoms with van der Waals surface area (Å²) in [5.41, 5.74) is 0.0340. The molecule has 1 fully saturated rings. The van der Waals surface area contributed by atoms with E-state index in [0.717, 1.165) is 30.7 Å². The minimum atomic E-state index is -0.730. The molecule has 0 radical (unpaired) electrons. The minimum Gasteiger partial charge on any atom is -0.491 e. The molecule has 1 saturated carbocycles. The van der Waals surface area contributed by atoms with Crippen molar-refractivity contribution in [2.75, 3.05) is 12.4 Å². The minimum absolute atomic E-state index is 0.0805. The fraction of sp³-hybridized carbons (Fsp3) is 0.588. The molecule has 1 aromatic carbocycles. The summed E-state index contributed by atoms with van der Waals surface area (Å²) in [7, 11) is 1.60. The van der Waals surface area contributed by atoms with Gasteiger partial charge in [0.2, 0.25) is 0 Å². The molecule has 0 heterocycles. The molecule has 0 saturated heterocycles. The molecule has 0 spiro atoms. The first-order valence-corrected chi connectivity index (χ1v) is 7.63. The molecule has 1 N–H and O–H groups in total. The number of carbonyl (C=O) groups excluding carboxylic acids is 1. The Balaban J connectivity index is 1.98. The first kappa shape index (κ1) is 15.8. The van der Waals surface area contributed by atoms with E-state index in [2.05, 4.69) is 12.2 Å². The van der Waals surface area contributed by atoms with E-state index in [4.69, 9.17) is 9.47 Å². The van der Waals surface area contributed by atoms with E-state index in [1.54, 1.807) is 7.11 Å². The molecule has 1 amide bonds. The van der Waals surface area contributed by atoms with Crippen molar-refractivity contribution in [3.8, 4) is 5.75 Å². The standard InChI is InChI=1S/C17H25NO3/c1-5-12(2)21-15-10-8-14(9-11-15)18-16(19)17(3,20-4)13-6-7-13/h8-13H,5-7H2,1-4H3,(H,18,19). The topological polar surface area (TPSA) is 47.6 Å². The van der Waals surface area contributed by atoms with Crippen LogP contribution in [0, 0.1) is 5.92 Å². The van der Waals surface area contributed by atoms with Crippen LogP contribution in [0.25, 0.3) is 0 Å². The second-order valence-electron chi connectivity index (χ2n) is 5.90. The Hall–Kier alpha value is -1.55. The van der Waals surface area contributed by atoms with E-state index in [1.807, 2.05) is 38.1 Å². The molecule has 1 aromatic rings. The largest absolute Gasteiger partial charge is 0.491 e. The van der Waals surface area contributed by atoms with E-state index >= 15 is 0 Å². The zero-order chi connectivity index (χ0) is 15.5. The van der Waals surface area contributed by atoms with E-state index in [-0.39, 0.29) is 12.0 Å². The lowest BCUT2D eigenvalue weighted by Gasteiger charge is -2.26. The molecule has 2 atom stereocenters. The van der Waals surface area contributed by atoms with Crippen molar-refractivity contribution in [2.24, 2.45) is 5.92 Å². The molecule has 4 nitrogen and oxygen atoms in total. The molecule has 0 bridgehead atoms. The Labute approximate surface area is 126 Å². The second kappa shape index (κ2) is 6.48. The molecule has 1 aliphatic rings. The summed E-state index contributed by atoms with van der Waals surface area (Å²) in [6.45, 7) is 5.98. The van der Waals surface area contributed by atoms with Crippen LogP contribution in [-0.2, 0) is 9.53 Å². The van der Waals surface area contributed by atoms with Crippen molar-refractivity contribution in [3.63, 3.8) is 0 Å². The Kier molecular flexibility index (Phi) is 4.88. The Morgan fingerprint density at radius 3 is 2.48 bits per heavy atom. The summed E-state index contributed by atoms with van der Waals surface area (Å²) >= 11 is 0. The SMILES string of the molecule is CCC(C)Oc1ccc(NC(=O)C(C)(OC)C2CC2)cc1. The highest BCUT2D eigenvalue weighted by Crippen LogP contribution is 2.42. The van der Waals surface area contributed by atoms with Gasteiger partial charge in [-0.2, -0.15) is 0 Å². The lowest BCUT2D eigenvalue weighted by molar-refractivity contribution is -0.138. The van der Waals surface area contributed by atoms with Gasteiger partial charge in [0.05, 0.1) is 6.10 Å². The number of rotatable bonds is 7. The third kappa shape index (κ3) is 3.76. The number of amides is 1. The van der Waals surface area contributed by atoms with Gasteiger partial charge in [-0.15, -0.1) is 0 Å². The molecule has 21 heavy (non-hydrogen) atoms. The average molecular weight is 291 g/mol. The molecule has 1 aliphatic carbocycles. The first-order valence-electron chi connectivity index (χ1n) is 7.63. The predicted molar refractivity (Wildman–Crippen MR) is 83.6 cm³/mol. The van der Waals surface area contributed by atoms with Crippen LogP contribution in [-0.4, -0.2) is 24.7 Å². The highest BCUT2D eigenvalue weighted by atomic mass is 16.5. The zero-order valence-corrected chi connectivity index (χ0v) is 13.3. The summed E-state index contributed by atoms with van der Waals surface area (Å²) in [5.74, 6) is 1.07. The number of nitrogens with one attached hydrogen (secondary N) is 1. The average Bonchev–Trinajstić information content (AvgIpc) is 3.33. The van der Waals surface area contributed by atoms with Crippen molar-refractivity contribution in [2.45, 2.75) is 51.7 Å². The highest BCUT2D eigenvalue weighted by molar-refractivity contribution is 5.97. The molecular weight excluding hydrogens is 266 g/mol. The van der Waals surface area contributed by atoms with Gasteiger partial charge in [0.1, 0.15) is 11.4 Å². The van der Waals surface area contributed by atoms with Crippen molar-refractivity contribution in [1.82, 2.24) is 0 Å². The maximum absolute atomic E-state index is 12.4. The molecule has 0 aromatic heterocycles. The number of anilines is 1. The summed E-state index contributed by atoms with van der Waals surface area (Å²) in [5, 5.41) is 2.93. The molecule has 2 rings (SSSR count). The van der Waals surface area contributed by atoms with Gasteiger partial charge < -0.3 is 14.8 Å². The summed E-state index contributed by atoms with van der Waals surface area (Å²) < 4.78 is 11.2. The lowest BCUT2D eigenvalue weighted by Crippen LogP contribution is -2.44. The fourth-order valence-corrected chi connectivity index (χ4v) is 2.27. The quantitative estimate of drug-likeness (QED) is 0.834. The van der Waals surface area contributed by atoms with Crippen molar-refractivity contribution < 1.29 is 14.3 Å². The van der Waals surface area contributed by atoms with Crippen LogP contribution < -0.4 is 10.1 Å². The predicted octanol–water partition coefficient (Wildman–Crippen LogP) is 3.62. The van der Waals surface area contributed by atoms with E-state index in [0.29, 0.717) is 5.92 Å². The molecular formula is C17H25NO3. The monoisotopic (exact) mass is 291 g/mol. The van der Waals surface area contributed by atoms with E-state index in [9.17, 15) is 4.79 Å². The van der Waals surface area contributed by atoms with Crippen LogP contribution >= 0.6 is 0 Å². The Bertz CT molecular complexity index is 481. The number of methoxy groups -OCH3 is 1. The van der Waals surface area contributed by atoms with Crippen LogP contribution in [0.2, 0.25) is 0 Å². The molecule has 0 aliphatic heterocycles. The molecule has 4 heteroatoms. The van der Waals surface area contributed by atoms with Crippen LogP contribution in [0.4, 0.5) is 5.69 Å². The Morgan fingerprint density at radius 2 is 2.00 bits per heavy atom. The lowest BCUT2D eigenvalue weighted by atomic mass is 9.99. The van der Waals surface area contributed by atoms with Crippen LogP contribution in [0.1, 0.15) is 40.0 Å². The third-order valence-corrected chi connectivity index (χ3v) is 4.26. The maximum atomic E-state index is 12.4. The summed E-state index contributed by atoms with van der Waals surface area (Å²) in [6, 6.07) is 7.48. The maximum Gasteiger partial charge on any atom is 0.256 e. The summed E-state index contributed by atoms with van der Waals surface area (Å²) in [6.07, 6.45) is 3.27. The number of hydrogen-bond acceptors (Lipinski definition) is 3. The van der Waals surface area contributed by atoms with E-state index < -0.39 is 5.60 Å². The molecule has 116 valence electrons. The van der Waals surface area contributed by atoms with Gasteiger partial charge >= 0.3 is 0 Å². The zero-order valence-electron chi connectivity index (χ0n) is 13.3. The number of ether oxygens (including phenoxy) is 2. The van der Waals surface area contributed by atoms with Gasteiger partial charge in [0.25, 0.3) is 5.91 Å². The fourth-order valence-electron chi connectivity index (χ4n) is 2.27. The van der Waals surface area contributed by atoms with Crippen LogP contribution in [0.5, 0.6) is 5.75 Å². The number of carbonyl (C=O) groups is 1. The number of hydrogen-bond donors (Lipinski definition) is 1. The summed E-state index contributed by atoms with van der Waals surface area (Å²) in [4.78, 5) is 12.4. The Morgan fingerprint density at radius 1 is 1.38 bits per heavy atom. The third-order valence-electron chi connectivity index (χ3n) is 4.26. The first-order chi connectivity index (χ1) is 9.99. The number of benzene rings is 1. The van der Waals surface area contributed by atoms with Crippen molar-refractivity contribution in [3.05, 3.63) is 24.3 Å². The normalized spacial score (nSPS) is 18.7. The van der Waals surface area contributed by atoms with Crippen molar-refractivity contribution >= 4 is 11.6 Å². The van der Waals surface area contributed by atoms with Gasteiger partial charge in [-0.25, -0.2) is 0 Å². The van der Waals surface area contributed by atoms with Gasteiger partial charge in [-0.05, 0) is 63.3 Å². The van der Waals surface area contributed by atoms with Gasteiger partial charge in [-0.1, -0.05) is 6.92 Å². The second-order valence-corrected chi connectivity index (χ2v) is 5.90. The van der Waals surface area contributed by atoms with E-state index in [1.165, 1.54) is 0 Å². The van der Waals surface area contributed by atoms with Gasteiger partial charge in [-0.3, -0.25) is 4.79 Å².